The lowest BCUT2D eigenvalue weighted by Gasteiger charge is -2.11. The molecular formula is C24H30N4O4S. The summed E-state index contributed by atoms with van der Waals surface area (Å²) < 4.78 is 12.5. The van der Waals surface area contributed by atoms with Crippen molar-refractivity contribution < 1.29 is 14.3 Å². The van der Waals surface area contributed by atoms with Gasteiger partial charge in [-0.25, -0.2) is 10.4 Å². The molecule has 2 aromatic heterocycles. The summed E-state index contributed by atoms with van der Waals surface area (Å²) in [5.41, 5.74) is 3.88. The first kappa shape index (κ1) is 24.4. The third-order valence-electron chi connectivity index (χ3n) is 5.32. The Kier molecular flexibility index (Phi) is 8.59. The van der Waals surface area contributed by atoms with E-state index >= 15 is 0 Å². The zero-order valence-corrected chi connectivity index (χ0v) is 20.3. The van der Waals surface area contributed by atoms with Crippen LogP contribution in [0.3, 0.4) is 0 Å². The maximum atomic E-state index is 12.7. The third-order valence-corrected chi connectivity index (χ3v) is 6.43. The van der Waals surface area contributed by atoms with Gasteiger partial charge in [-0.05, 0) is 49.6 Å². The summed E-state index contributed by atoms with van der Waals surface area (Å²) in [4.78, 5) is 31.0. The molecule has 3 rings (SSSR count). The highest BCUT2D eigenvalue weighted by Gasteiger charge is 2.13. The molecule has 2 heterocycles. The molecule has 3 aromatic rings. The van der Waals surface area contributed by atoms with Gasteiger partial charge in [-0.1, -0.05) is 26.2 Å². The van der Waals surface area contributed by atoms with Gasteiger partial charge in [0.05, 0.1) is 31.6 Å². The minimum atomic E-state index is -0.418. The van der Waals surface area contributed by atoms with Crippen molar-refractivity contribution in [3.8, 4) is 11.5 Å². The number of benzene rings is 1. The normalized spacial score (nSPS) is 11.3. The van der Waals surface area contributed by atoms with E-state index in [-0.39, 0.29) is 12.1 Å². The Morgan fingerprint density at radius 3 is 2.82 bits per heavy atom. The SMILES string of the molecule is CCCCCCOc1ccc(C=NNC(=O)Cn2cnc3sc(C)c(C)c3c2=O)cc1OC. The molecule has 0 aliphatic rings. The first-order valence-electron chi connectivity index (χ1n) is 11.0. The van der Waals surface area contributed by atoms with Gasteiger partial charge in [0.1, 0.15) is 11.4 Å². The first-order chi connectivity index (χ1) is 15.9. The van der Waals surface area contributed by atoms with E-state index in [9.17, 15) is 9.59 Å². The lowest BCUT2D eigenvalue weighted by Crippen LogP contribution is -2.30. The predicted octanol–water partition coefficient (Wildman–Crippen LogP) is 4.19. The van der Waals surface area contributed by atoms with E-state index in [1.54, 1.807) is 13.2 Å². The fourth-order valence-corrected chi connectivity index (χ4v) is 4.33. The number of fused-ring (bicyclic) bond motifs is 1. The minimum Gasteiger partial charge on any atom is -0.493 e. The van der Waals surface area contributed by atoms with Crippen molar-refractivity contribution in [3.63, 3.8) is 0 Å². The number of hydrogen-bond donors (Lipinski definition) is 1. The van der Waals surface area contributed by atoms with Gasteiger partial charge < -0.3 is 9.47 Å². The molecule has 0 spiro atoms. The molecule has 0 aliphatic carbocycles. The fraction of sp³-hybridized carbons (Fsp3) is 0.417. The Balaban J connectivity index is 1.59. The zero-order chi connectivity index (χ0) is 23.8. The molecule has 1 amide bonds. The fourth-order valence-electron chi connectivity index (χ4n) is 3.35. The summed E-state index contributed by atoms with van der Waals surface area (Å²) in [6.45, 7) is 6.50. The summed E-state index contributed by atoms with van der Waals surface area (Å²) >= 11 is 1.48. The Bertz CT molecular complexity index is 1200. The summed E-state index contributed by atoms with van der Waals surface area (Å²) in [5.74, 6) is 0.864. The lowest BCUT2D eigenvalue weighted by atomic mass is 10.2. The van der Waals surface area contributed by atoms with Crippen molar-refractivity contribution in [2.75, 3.05) is 13.7 Å². The van der Waals surface area contributed by atoms with Gasteiger partial charge in [0.25, 0.3) is 11.5 Å². The summed E-state index contributed by atoms with van der Waals surface area (Å²) in [5, 5.41) is 4.56. The molecule has 0 atom stereocenters. The number of nitrogens with one attached hydrogen (secondary N) is 1. The Morgan fingerprint density at radius 2 is 2.06 bits per heavy atom. The van der Waals surface area contributed by atoms with Gasteiger partial charge in [0.15, 0.2) is 11.5 Å². The molecule has 0 unspecified atom stereocenters. The molecule has 0 saturated carbocycles. The molecule has 0 bridgehead atoms. The van der Waals surface area contributed by atoms with Crippen LogP contribution in [0.2, 0.25) is 0 Å². The summed E-state index contributed by atoms with van der Waals surface area (Å²) in [7, 11) is 1.58. The number of hydrazone groups is 1. The summed E-state index contributed by atoms with van der Waals surface area (Å²) in [6, 6.07) is 5.46. The third kappa shape index (κ3) is 6.19. The van der Waals surface area contributed by atoms with Crippen LogP contribution in [-0.2, 0) is 11.3 Å². The average Bonchev–Trinajstić information content (AvgIpc) is 3.10. The topological polar surface area (TPSA) is 94.8 Å². The van der Waals surface area contributed by atoms with E-state index in [4.69, 9.17) is 9.47 Å². The van der Waals surface area contributed by atoms with Crippen molar-refractivity contribution >= 4 is 33.7 Å². The quantitative estimate of drug-likeness (QED) is 0.258. The molecule has 9 heteroatoms. The number of aryl methyl sites for hydroxylation is 2. The average molecular weight is 471 g/mol. The number of carbonyl (C=O) groups excluding carboxylic acids is 1. The number of amides is 1. The second kappa shape index (κ2) is 11.6. The molecule has 33 heavy (non-hydrogen) atoms. The second-order valence-corrected chi connectivity index (χ2v) is 8.96. The van der Waals surface area contributed by atoms with Gasteiger partial charge >= 0.3 is 0 Å². The number of hydrogen-bond acceptors (Lipinski definition) is 7. The standard InChI is InChI=1S/C24H30N4O4S/c1-5-6-7-8-11-32-19-10-9-18(12-20(19)31-4)13-26-27-21(29)14-28-15-25-23-22(24(28)30)16(2)17(3)33-23/h9-10,12-13,15H,5-8,11,14H2,1-4H3,(H,27,29). The maximum absolute atomic E-state index is 12.7. The summed E-state index contributed by atoms with van der Waals surface area (Å²) in [6.07, 6.45) is 7.45. The number of methoxy groups -OCH3 is 1. The number of rotatable bonds is 11. The number of aromatic nitrogens is 2. The minimum absolute atomic E-state index is 0.165. The van der Waals surface area contributed by atoms with Crippen LogP contribution < -0.4 is 20.5 Å². The van der Waals surface area contributed by atoms with Crippen LogP contribution in [-0.4, -0.2) is 35.4 Å². The predicted molar refractivity (Wildman–Crippen MR) is 132 cm³/mol. The van der Waals surface area contributed by atoms with Gasteiger partial charge in [0, 0.05) is 4.88 Å². The largest absolute Gasteiger partial charge is 0.493 e. The van der Waals surface area contributed by atoms with Crippen molar-refractivity contribution in [2.45, 2.75) is 53.0 Å². The maximum Gasteiger partial charge on any atom is 0.262 e. The Hall–Kier alpha value is -3.20. The number of thiophene rings is 1. The highest BCUT2D eigenvalue weighted by molar-refractivity contribution is 7.18. The van der Waals surface area contributed by atoms with Crippen molar-refractivity contribution in [2.24, 2.45) is 5.10 Å². The second-order valence-electron chi connectivity index (χ2n) is 7.75. The van der Waals surface area contributed by atoms with E-state index in [0.29, 0.717) is 28.3 Å². The van der Waals surface area contributed by atoms with Crippen LogP contribution in [0, 0.1) is 13.8 Å². The molecule has 1 aromatic carbocycles. The van der Waals surface area contributed by atoms with Crippen LogP contribution in [0.15, 0.2) is 34.4 Å². The van der Waals surface area contributed by atoms with Crippen LogP contribution in [0.1, 0.15) is 48.6 Å². The zero-order valence-electron chi connectivity index (χ0n) is 19.5. The van der Waals surface area contributed by atoms with Gasteiger partial charge in [-0.3, -0.25) is 14.2 Å². The Labute approximate surface area is 197 Å². The molecule has 1 N–H and O–H groups in total. The van der Waals surface area contributed by atoms with E-state index in [1.807, 2.05) is 26.0 Å². The highest BCUT2D eigenvalue weighted by Crippen LogP contribution is 2.28. The number of nitrogens with zero attached hydrogens (tertiary/aromatic N) is 3. The molecule has 0 radical (unpaired) electrons. The van der Waals surface area contributed by atoms with E-state index in [1.165, 1.54) is 41.3 Å². The van der Waals surface area contributed by atoms with E-state index < -0.39 is 5.91 Å². The smallest absolute Gasteiger partial charge is 0.262 e. The molecule has 8 nitrogen and oxygen atoms in total. The number of unbranched alkanes of at least 4 members (excludes halogenated alkanes) is 3. The van der Waals surface area contributed by atoms with Crippen LogP contribution >= 0.6 is 11.3 Å². The van der Waals surface area contributed by atoms with Crippen LogP contribution in [0.5, 0.6) is 11.5 Å². The van der Waals surface area contributed by atoms with Crippen molar-refractivity contribution in [1.82, 2.24) is 15.0 Å². The molecule has 0 aliphatic heterocycles. The van der Waals surface area contributed by atoms with Crippen molar-refractivity contribution in [1.29, 1.82) is 0 Å². The molecule has 0 fully saturated rings. The Morgan fingerprint density at radius 1 is 1.24 bits per heavy atom. The van der Waals surface area contributed by atoms with Crippen LogP contribution in [0.4, 0.5) is 0 Å². The van der Waals surface area contributed by atoms with Crippen molar-refractivity contribution in [3.05, 3.63) is 50.9 Å². The van der Waals surface area contributed by atoms with E-state index in [0.717, 1.165) is 28.8 Å². The monoisotopic (exact) mass is 470 g/mol. The first-order valence-corrected chi connectivity index (χ1v) is 11.8. The molecular weight excluding hydrogens is 440 g/mol. The highest BCUT2D eigenvalue weighted by atomic mass is 32.1. The van der Waals surface area contributed by atoms with Gasteiger partial charge in [-0.2, -0.15) is 5.10 Å². The van der Waals surface area contributed by atoms with Gasteiger partial charge in [-0.15, -0.1) is 11.3 Å². The number of ether oxygens (including phenoxy) is 2. The molecule has 0 saturated heterocycles. The van der Waals surface area contributed by atoms with Crippen LogP contribution in [0.25, 0.3) is 10.2 Å². The van der Waals surface area contributed by atoms with Gasteiger partial charge in [0.2, 0.25) is 0 Å². The number of carbonyl (C=O) groups is 1. The lowest BCUT2D eigenvalue weighted by molar-refractivity contribution is -0.121. The molecule has 176 valence electrons. The van der Waals surface area contributed by atoms with E-state index in [2.05, 4.69) is 22.4 Å².